The molecule has 0 nitrogen and oxygen atoms in total. The van der Waals surface area contributed by atoms with Gasteiger partial charge in [-0.05, 0) is 11.3 Å². The molecular weight excluding hydrogens is 155 g/mol. The first-order chi connectivity index (χ1) is 4.22. The maximum absolute atomic E-state index is 12.5. The van der Waals surface area contributed by atoms with E-state index < -0.39 is 0 Å². The van der Waals surface area contributed by atoms with Crippen LogP contribution in [0.4, 0.5) is 4.39 Å². The fraction of sp³-hybridized carbons (Fsp3) is 0. The van der Waals surface area contributed by atoms with Crippen LogP contribution in [0, 0.1) is 5.82 Å². The Balaban J connectivity index is 3.25. The average Bonchev–Trinajstić information content (AvgIpc) is 1.83. The van der Waals surface area contributed by atoms with Gasteiger partial charge in [-0.3, -0.25) is 0 Å². The van der Waals surface area contributed by atoms with Crippen LogP contribution in [-0.4, -0.2) is 10.2 Å². The van der Waals surface area contributed by atoms with E-state index >= 15 is 0 Å². The normalized spacial score (nSPS) is 10.0. The highest BCUT2D eigenvalue weighted by atomic mass is 35.5. The monoisotopic (exact) mass is 160 g/mol. The van der Waals surface area contributed by atoms with Gasteiger partial charge >= 0.3 is 0 Å². The second kappa shape index (κ2) is 2.50. The van der Waals surface area contributed by atoms with Crippen LogP contribution in [0.25, 0.3) is 0 Å². The molecule has 0 radical (unpaired) electrons. The van der Waals surface area contributed by atoms with Crippen molar-refractivity contribution in [3.05, 3.63) is 29.0 Å². The maximum Gasteiger partial charge on any atom is 0.141 e. The van der Waals surface area contributed by atoms with Crippen molar-refractivity contribution in [2.75, 3.05) is 0 Å². The Morgan fingerprint density at radius 3 is 2.56 bits per heavy atom. The molecular formula is C6H6ClFSi. The highest BCUT2D eigenvalue weighted by Gasteiger charge is 1.98. The van der Waals surface area contributed by atoms with Crippen LogP contribution in [0.2, 0.25) is 5.02 Å². The molecule has 1 aromatic carbocycles. The summed E-state index contributed by atoms with van der Waals surface area (Å²) in [7, 11) is 0.803. The lowest BCUT2D eigenvalue weighted by Gasteiger charge is -1.95. The zero-order chi connectivity index (χ0) is 6.85. The van der Waals surface area contributed by atoms with Crippen molar-refractivity contribution in [2.24, 2.45) is 0 Å². The highest BCUT2D eigenvalue weighted by molar-refractivity contribution is 6.45. The van der Waals surface area contributed by atoms with Crippen LogP contribution in [0.15, 0.2) is 18.2 Å². The third-order valence-corrected chi connectivity index (χ3v) is 2.77. The number of hydrogen-bond donors (Lipinski definition) is 0. The third kappa shape index (κ3) is 1.31. The van der Waals surface area contributed by atoms with Gasteiger partial charge in [-0.25, -0.2) is 4.39 Å². The molecule has 0 saturated carbocycles. The van der Waals surface area contributed by atoms with Gasteiger partial charge < -0.3 is 0 Å². The minimum atomic E-state index is -0.316. The smallest absolute Gasteiger partial charge is 0.141 e. The Morgan fingerprint density at radius 2 is 2.11 bits per heavy atom. The molecule has 0 aliphatic carbocycles. The van der Waals surface area contributed by atoms with E-state index in [2.05, 4.69) is 0 Å². The molecule has 0 fully saturated rings. The molecule has 48 valence electrons. The Kier molecular flexibility index (Phi) is 1.88. The summed E-state index contributed by atoms with van der Waals surface area (Å²) in [6.07, 6.45) is 0. The minimum absolute atomic E-state index is 0.282. The first-order valence-electron chi connectivity index (χ1n) is 2.62. The predicted octanol–water partition coefficient (Wildman–Crippen LogP) is 0.470. The van der Waals surface area contributed by atoms with E-state index in [0.717, 1.165) is 15.4 Å². The van der Waals surface area contributed by atoms with E-state index in [1.54, 1.807) is 6.07 Å². The first-order valence-corrected chi connectivity index (χ1v) is 4.00. The van der Waals surface area contributed by atoms with Crippen LogP contribution in [0.5, 0.6) is 0 Å². The predicted molar refractivity (Wildman–Crippen MR) is 41.0 cm³/mol. The van der Waals surface area contributed by atoms with Gasteiger partial charge in [-0.15, -0.1) is 0 Å². The highest BCUT2D eigenvalue weighted by Crippen LogP contribution is 2.08. The summed E-state index contributed by atoms with van der Waals surface area (Å²) in [5.74, 6) is -0.316. The van der Waals surface area contributed by atoms with Crippen molar-refractivity contribution < 1.29 is 4.39 Å². The van der Waals surface area contributed by atoms with Crippen molar-refractivity contribution in [1.29, 1.82) is 0 Å². The molecule has 9 heavy (non-hydrogen) atoms. The van der Waals surface area contributed by atoms with Crippen LogP contribution in [0.1, 0.15) is 0 Å². The SMILES string of the molecule is Fc1cccc([SiH3])c1Cl. The van der Waals surface area contributed by atoms with Gasteiger partial charge in [0.1, 0.15) is 5.82 Å². The molecule has 0 amide bonds. The van der Waals surface area contributed by atoms with Gasteiger partial charge in [0, 0.05) is 10.2 Å². The van der Waals surface area contributed by atoms with E-state index in [-0.39, 0.29) is 10.8 Å². The van der Waals surface area contributed by atoms with E-state index in [1.165, 1.54) is 6.07 Å². The van der Waals surface area contributed by atoms with Gasteiger partial charge in [0.25, 0.3) is 0 Å². The van der Waals surface area contributed by atoms with Gasteiger partial charge in [0.15, 0.2) is 0 Å². The fourth-order valence-corrected chi connectivity index (χ4v) is 1.17. The second-order valence-electron chi connectivity index (χ2n) is 1.87. The van der Waals surface area contributed by atoms with E-state index in [1.807, 2.05) is 6.07 Å². The van der Waals surface area contributed by atoms with Crippen molar-refractivity contribution in [3.8, 4) is 0 Å². The molecule has 3 heteroatoms. The largest absolute Gasteiger partial charge is 0.205 e. The van der Waals surface area contributed by atoms with Gasteiger partial charge in [0.2, 0.25) is 0 Å². The van der Waals surface area contributed by atoms with E-state index in [4.69, 9.17) is 11.6 Å². The zero-order valence-corrected chi connectivity index (χ0v) is 7.74. The molecule has 0 aromatic heterocycles. The zero-order valence-electron chi connectivity index (χ0n) is 4.99. The molecule has 0 saturated heterocycles. The molecule has 0 aliphatic heterocycles. The van der Waals surface area contributed by atoms with Crippen LogP contribution in [0.3, 0.4) is 0 Å². The molecule has 0 unspecified atom stereocenters. The lowest BCUT2D eigenvalue weighted by Crippen LogP contribution is -2.04. The Labute approximate surface area is 61.1 Å². The summed E-state index contributed by atoms with van der Waals surface area (Å²) in [5.41, 5.74) is 0. The second-order valence-corrected chi connectivity index (χ2v) is 3.33. The molecule has 0 aliphatic rings. The van der Waals surface area contributed by atoms with Crippen LogP contribution in [-0.2, 0) is 0 Å². The minimum Gasteiger partial charge on any atom is -0.205 e. The average molecular weight is 161 g/mol. The molecule has 1 rings (SSSR count). The number of benzene rings is 1. The first kappa shape index (κ1) is 6.77. The maximum atomic E-state index is 12.5. The summed E-state index contributed by atoms with van der Waals surface area (Å²) < 4.78 is 12.5. The van der Waals surface area contributed by atoms with E-state index in [0.29, 0.717) is 0 Å². The van der Waals surface area contributed by atoms with Crippen molar-refractivity contribution in [2.45, 2.75) is 0 Å². The van der Waals surface area contributed by atoms with Gasteiger partial charge in [-0.1, -0.05) is 23.7 Å². The Hall–Kier alpha value is -0.343. The number of rotatable bonds is 0. The van der Waals surface area contributed by atoms with Crippen LogP contribution < -0.4 is 5.19 Å². The summed E-state index contributed by atoms with van der Waals surface area (Å²) in [6, 6.07) is 4.87. The van der Waals surface area contributed by atoms with E-state index in [9.17, 15) is 4.39 Å². The number of hydrogen-bond acceptors (Lipinski definition) is 0. The van der Waals surface area contributed by atoms with Crippen molar-refractivity contribution >= 4 is 27.0 Å². The lowest BCUT2D eigenvalue weighted by molar-refractivity contribution is 0.629. The van der Waals surface area contributed by atoms with Crippen molar-refractivity contribution in [3.63, 3.8) is 0 Å². The summed E-state index contributed by atoms with van der Waals surface area (Å²) in [4.78, 5) is 0. The Morgan fingerprint density at radius 1 is 1.44 bits per heavy atom. The molecule has 0 N–H and O–H groups in total. The summed E-state index contributed by atoms with van der Waals surface area (Å²) in [5, 5.41) is 1.20. The summed E-state index contributed by atoms with van der Waals surface area (Å²) >= 11 is 5.54. The fourth-order valence-electron chi connectivity index (χ4n) is 0.612. The molecule has 0 bridgehead atoms. The lowest BCUT2D eigenvalue weighted by atomic mass is 10.3. The molecule has 1 aromatic rings. The van der Waals surface area contributed by atoms with Gasteiger partial charge in [0.05, 0.1) is 5.02 Å². The van der Waals surface area contributed by atoms with Gasteiger partial charge in [-0.2, -0.15) is 0 Å². The van der Waals surface area contributed by atoms with Crippen molar-refractivity contribution in [1.82, 2.24) is 0 Å². The topological polar surface area (TPSA) is 0 Å². The summed E-state index contributed by atoms with van der Waals surface area (Å²) in [6.45, 7) is 0. The molecule has 0 heterocycles. The molecule has 0 atom stereocenters. The number of halogens is 2. The third-order valence-electron chi connectivity index (χ3n) is 1.14. The quantitative estimate of drug-likeness (QED) is 0.484. The molecule has 0 spiro atoms. The Bertz CT molecular complexity index is 204. The van der Waals surface area contributed by atoms with Crippen LogP contribution >= 0.6 is 11.6 Å². The standard InChI is InChI=1S/C6H6ClFSi/c7-6-4(8)2-1-3-5(6)9/h1-3H,9H3.